The zero-order chi connectivity index (χ0) is 20.2. The quantitative estimate of drug-likeness (QED) is 0.736. The van der Waals surface area contributed by atoms with E-state index in [0.717, 1.165) is 11.1 Å². The van der Waals surface area contributed by atoms with Crippen LogP contribution in [0.4, 0.5) is 5.69 Å². The smallest absolute Gasteiger partial charge is 0.263 e. The Morgan fingerprint density at radius 2 is 1.78 bits per heavy atom. The molecule has 2 rings (SSSR count). The molecular formula is C19H24ClN3O3S. The van der Waals surface area contributed by atoms with Gasteiger partial charge < -0.3 is 10.2 Å². The van der Waals surface area contributed by atoms with Crippen molar-refractivity contribution in [1.29, 1.82) is 0 Å². The second-order valence-corrected chi connectivity index (χ2v) is 8.67. The zero-order valence-electron chi connectivity index (χ0n) is 15.8. The summed E-state index contributed by atoms with van der Waals surface area (Å²) in [5, 5.41) is 2.80. The minimum atomic E-state index is -3.93. The van der Waals surface area contributed by atoms with Crippen molar-refractivity contribution in [3.8, 4) is 0 Å². The molecule has 2 aromatic carbocycles. The number of anilines is 1. The highest BCUT2D eigenvalue weighted by atomic mass is 35.5. The third-order valence-electron chi connectivity index (χ3n) is 4.09. The van der Waals surface area contributed by atoms with Gasteiger partial charge in [0.05, 0.1) is 5.02 Å². The number of halogens is 1. The number of nitrogens with zero attached hydrogens (tertiary/aromatic N) is 1. The SMILES string of the molecule is Cc1ccc(NS(=O)(=O)c2cc(C(=O)NCCN(C)C)ccc2Cl)cc1C. The molecule has 6 nitrogen and oxygen atoms in total. The maximum absolute atomic E-state index is 12.8. The van der Waals surface area contributed by atoms with Gasteiger partial charge in [-0.2, -0.15) is 0 Å². The molecule has 1 amide bonds. The normalized spacial score (nSPS) is 11.5. The number of sulfonamides is 1. The predicted octanol–water partition coefficient (Wildman–Crippen LogP) is 3.05. The van der Waals surface area contributed by atoms with Gasteiger partial charge in [0.1, 0.15) is 4.90 Å². The Morgan fingerprint density at radius 1 is 1.07 bits per heavy atom. The zero-order valence-corrected chi connectivity index (χ0v) is 17.4. The van der Waals surface area contributed by atoms with Gasteiger partial charge in [-0.05, 0) is 69.4 Å². The first-order valence-electron chi connectivity index (χ1n) is 8.42. The van der Waals surface area contributed by atoms with E-state index in [0.29, 0.717) is 18.8 Å². The summed E-state index contributed by atoms with van der Waals surface area (Å²) in [6.07, 6.45) is 0. The van der Waals surface area contributed by atoms with Crippen LogP contribution in [0.5, 0.6) is 0 Å². The number of likely N-dealkylation sites (N-methyl/N-ethyl adjacent to an activating group) is 1. The molecule has 146 valence electrons. The van der Waals surface area contributed by atoms with Gasteiger partial charge in [-0.25, -0.2) is 8.42 Å². The highest BCUT2D eigenvalue weighted by molar-refractivity contribution is 7.92. The van der Waals surface area contributed by atoms with E-state index in [1.54, 1.807) is 12.1 Å². The minimum Gasteiger partial charge on any atom is -0.351 e. The van der Waals surface area contributed by atoms with Crippen LogP contribution in [-0.4, -0.2) is 46.4 Å². The summed E-state index contributed by atoms with van der Waals surface area (Å²) in [6.45, 7) is 4.98. The van der Waals surface area contributed by atoms with Crippen molar-refractivity contribution in [2.75, 3.05) is 31.9 Å². The third-order valence-corrected chi connectivity index (χ3v) is 5.95. The number of amides is 1. The highest BCUT2D eigenvalue weighted by Gasteiger charge is 2.20. The molecule has 0 aliphatic rings. The lowest BCUT2D eigenvalue weighted by atomic mass is 10.1. The molecule has 0 saturated heterocycles. The number of hydrogen-bond acceptors (Lipinski definition) is 4. The number of aryl methyl sites for hydroxylation is 2. The minimum absolute atomic E-state index is 0.0520. The van der Waals surface area contributed by atoms with E-state index < -0.39 is 10.0 Å². The lowest BCUT2D eigenvalue weighted by molar-refractivity contribution is 0.0951. The van der Waals surface area contributed by atoms with E-state index in [9.17, 15) is 13.2 Å². The summed E-state index contributed by atoms with van der Waals surface area (Å²) >= 11 is 6.10. The van der Waals surface area contributed by atoms with Crippen LogP contribution in [0, 0.1) is 13.8 Å². The van der Waals surface area contributed by atoms with Crippen molar-refractivity contribution in [3.05, 3.63) is 58.1 Å². The van der Waals surface area contributed by atoms with Gasteiger partial charge >= 0.3 is 0 Å². The standard InChI is InChI=1S/C19H24ClN3O3S/c1-13-5-7-16(11-14(13)2)22-27(25,26)18-12-15(6-8-17(18)20)19(24)21-9-10-23(3)4/h5-8,11-12,22H,9-10H2,1-4H3,(H,21,24). The monoisotopic (exact) mass is 409 g/mol. The number of carbonyl (C=O) groups is 1. The Balaban J connectivity index is 2.25. The van der Waals surface area contributed by atoms with Gasteiger partial charge in [0.2, 0.25) is 0 Å². The number of hydrogen-bond donors (Lipinski definition) is 2. The Bertz CT molecular complexity index is 943. The molecule has 0 fully saturated rings. The number of nitrogens with one attached hydrogen (secondary N) is 2. The van der Waals surface area contributed by atoms with Gasteiger partial charge in [0, 0.05) is 24.3 Å². The summed E-state index contributed by atoms with van der Waals surface area (Å²) in [7, 11) is -0.133. The summed E-state index contributed by atoms with van der Waals surface area (Å²) in [6, 6.07) is 9.48. The Kier molecular flexibility index (Phi) is 6.86. The second kappa shape index (κ2) is 8.73. The molecule has 8 heteroatoms. The van der Waals surface area contributed by atoms with Crippen LogP contribution in [0.15, 0.2) is 41.3 Å². The summed E-state index contributed by atoms with van der Waals surface area (Å²) < 4.78 is 28.0. The highest BCUT2D eigenvalue weighted by Crippen LogP contribution is 2.26. The molecule has 0 atom stereocenters. The molecule has 0 aliphatic heterocycles. The molecule has 0 spiro atoms. The van der Waals surface area contributed by atoms with Crippen molar-refractivity contribution >= 4 is 33.2 Å². The van der Waals surface area contributed by atoms with Crippen LogP contribution < -0.4 is 10.0 Å². The summed E-state index contributed by atoms with van der Waals surface area (Å²) in [5.74, 6) is -0.351. The lowest BCUT2D eigenvalue weighted by Gasteiger charge is -2.13. The molecule has 0 aliphatic carbocycles. The molecule has 27 heavy (non-hydrogen) atoms. The van der Waals surface area contributed by atoms with Crippen LogP contribution in [-0.2, 0) is 10.0 Å². The first-order chi connectivity index (χ1) is 12.6. The maximum Gasteiger partial charge on any atom is 0.263 e. The fourth-order valence-electron chi connectivity index (χ4n) is 2.36. The summed E-state index contributed by atoms with van der Waals surface area (Å²) in [5.41, 5.74) is 2.70. The van der Waals surface area contributed by atoms with Crippen LogP contribution in [0.2, 0.25) is 5.02 Å². The average molecular weight is 410 g/mol. The van der Waals surface area contributed by atoms with Crippen molar-refractivity contribution in [3.63, 3.8) is 0 Å². The number of rotatable bonds is 7. The first kappa shape index (κ1) is 21.2. The van der Waals surface area contributed by atoms with Gasteiger partial charge in [0.15, 0.2) is 0 Å². The molecule has 0 saturated carbocycles. The maximum atomic E-state index is 12.8. The van der Waals surface area contributed by atoms with E-state index in [-0.39, 0.29) is 21.4 Å². The Morgan fingerprint density at radius 3 is 2.41 bits per heavy atom. The largest absolute Gasteiger partial charge is 0.351 e. The lowest BCUT2D eigenvalue weighted by Crippen LogP contribution is -2.31. The van der Waals surface area contributed by atoms with Crippen LogP contribution in [0.25, 0.3) is 0 Å². The van der Waals surface area contributed by atoms with Crippen LogP contribution in [0.3, 0.4) is 0 Å². The fourth-order valence-corrected chi connectivity index (χ4v) is 3.94. The Labute approximate surface area is 165 Å². The molecule has 2 aromatic rings. The van der Waals surface area contributed by atoms with Crippen molar-refractivity contribution < 1.29 is 13.2 Å². The second-order valence-electron chi connectivity index (χ2n) is 6.61. The fraction of sp³-hybridized carbons (Fsp3) is 0.316. The van der Waals surface area contributed by atoms with Gasteiger partial charge in [-0.1, -0.05) is 17.7 Å². The Hall–Kier alpha value is -2.09. The summed E-state index contributed by atoms with van der Waals surface area (Å²) in [4.78, 5) is 14.1. The van der Waals surface area contributed by atoms with E-state index in [4.69, 9.17) is 11.6 Å². The molecule has 0 bridgehead atoms. The molecular weight excluding hydrogens is 386 g/mol. The van der Waals surface area contributed by atoms with Crippen molar-refractivity contribution in [1.82, 2.24) is 10.2 Å². The molecule has 0 radical (unpaired) electrons. The number of carbonyl (C=O) groups excluding carboxylic acids is 1. The van der Waals surface area contributed by atoms with Gasteiger partial charge in [0.25, 0.3) is 15.9 Å². The van der Waals surface area contributed by atoms with Crippen LogP contribution >= 0.6 is 11.6 Å². The van der Waals surface area contributed by atoms with E-state index in [1.165, 1.54) is 18.2 Å². The van der Waals surface area contributed by atoms with E-state index >= 15 is 0 Å². The topological polar surface area (TPSA) is 78.5 Å². The average Bonchev–Trinajstić information content (AvgIpc) is 2.57. The van der Waals surface area contributed by atoms with E-state index in [1.807, 2.05) is 38.9 Å². The van der Waals surface area contributed by atoms with Gasteiger partial charge in [-0.15, -0.1) is 0 Å². The van der Waals surface area contributed by atoms with Gasteiger partial charge in [-0.3, -0.25) is 9.52 Å². The van der Waals surface area contributed by atoms with E-state index in [2.05, 4.69) is 10.0 Å². The molecule has 2 N–H and O–H groups in total. The van der Waals surface area contributed by atoms with Crippen molar-refractivity contribution in [2.24, 2.45) is 0 Å². The third kappa shape index (κ3) is 5.69. The van der Waals surface area contributed by atoms with Crippen molar-refractivity contribution in [2.45, 2.75) is 18.7 Å². The van der Waals surface area contributed by atoms with Crippen LogP contribution in [0.1, 0.15) is 21.5 Å². The number of benzene rings is 2. The molecule has 0 aromatic heterocycles. The predicted molar refractivity (Wildman–Crippen MR) is 109 cm³/mol. The first-order valence-corrected chi connectivity index (χ1v) is 10.3. The molecule has 0 unspecified atom stereocenters. The molecule has 0 heterocycles.